The van der Waals surface area contributed by atoms with Crippen LogP contribution in [0, 0.1) is 0 Å². The van der Waals surface area contributed by atoms with E-state index < -0.39 is 60.1 Å². The molecule has 0 radical (unpaired) electrons. The Hall–Kier alpha value is -3.01. The van der Waals surface area contributed by atoms with Gasteiger partial charge in [-0.05, 0) is 12.1 Å². The maximum Gasteiger partial charge on any atom is 0.295 e. The minimum Gasteiger partial charge on any atom is -0.282 e. The zero-order valence-corrected chi connectivity index (χ0v) is 22.2. The predicted octanol–water partition coefficient (Wildman–Crippen LogP) is 2.01. The van der Waals surface area contributed by atoms with Crippen LogP contribution in [0.1, 0.15) is 0 Å². The van der Waals surface area contributed by atoms with Gasteiger partial charge >= 0.3 is 0 Å². The number of rotatable bonds is 4. The molecule has 0 atom stereocenters. The fourth-order valence-corrected chi connectivity index (χ4v) is 7.39. The molecule has 1 heterocycles. The van der Waals surface area contributed by atoms with Crippen molar-refractivity contribution >= 4 is 84.3 Å². The Morgan fingerprint density at radius 1 is 0.526 bits per heavy atom. The van der Waals surface area contributed by atoms with Crippen LogP contribution in [-0.4, -0.2) is 56.3 Å². The van der Waals surface area contributed by atoms with Crippen molar-refractivity contribution in [3.05, 3.63) is 58.2 Å². The Morgan fingerprint density at radius 3 is 0.974 bits per heavy atom. The summed E-state index contributed by atoms with van der Waals surface area (Å²) in [4.78, 5) is 6.13. The molecule has 0 aliphatic carbocycles. The Morgan fingerprint density at radius 2 is 0.816 bits per heavy atom. The van der Waals surface area contributed by atoms with Gasteiger partial charge in [0.1, 0.15) is 19.6 Å². The summed E-state index contributed by atoms with van der Waals surface area (Å²) < 4.78 is 136. The third-order valence-electron chi connectivity index (χ3n) is 5.31. The summed E-state index contributed by atoms with van der Waals surface area (Å²) in [6, 6.07) is 6.47. The van der Waals surface area contributed by atoms with E-state index in [4.69, 9.17) is 0 Å². The van der Waals surface area contributed by atoms with E-state index in [1.807, 2.05) is 0 Å². The van der Waals surface area contributed by atoms with Crippen molar-refractivity contribution in [2.24, 2.45) is 0 Å². The average Bonchev–Trinajstić information content (AvgIpc) is 3.24. The van der Waals surface area contributed by atoms with Gasteiger partial charge in [0.25, 0.3) is 46.0 Å². The van der Waals surface area contributed by atoms with Crippen LogP contribution in [0.3, 0.4) is 0 Å². The van der Waals surface area contributed by atoms with E-state index in [2.05, 4.69) is 4.37 Å². The molecule has 0 bridgehead atoms. The monoisotopic (exact) mass is 623 g/mol. The molecule has 14 nitrogen and oxygen atoms in total. The van der Waals surface area contributed by atoms with E-state index in [0.717, 1.165) is 24.3 Å². The van der Waals surface area contributed by atoms with Crippen LogP contribution < -0.4 is 5.56 Å². The molecule has 5 aromatic rings. The number of hydrogen-bond donors (Lipinski definition) is 5. The van der Waals surface area contributed by atoms with Gasteiger partial charge in [0.2, 0.25) is 0 Å². The maximum atomic E-state index is 11.9. The zero-order chi connectivity index (χ0) is 28.4. The highest BCUT2D eigenvalue weighted by Gasteiger charge is 2.29. The molecule has 38 heavy (non-hydrogen) atoms. The molecule has 0 spiro atoms. The molecule has 5 N–H and O–H groups in total. The fourth-order valence-electron chi connectivity index (χ4n) is 3.94. The molecular weight excluding hydrogens is 611 g/mol. The van der Waals surface area contributed by atoms with E-state index >= 15 is 0 Å². The van der Waals surface area contributed by atoms with Crippen molar-refractivity contribution in [3.63, 3.8) is 0 Å². The normalized spacial score (nSPS) is 13.2. The quantitative estimate of drug-likeness (QED) is 0.142. The van der Waals surface area contributed by atoms with Gasteiger partial charge in [0.05, 0.1) is 0 Å². The minimum absolute atomic E-state index is 0.0139. The summed E-state index contributed by atoms with van der Waals surface area (Å²) in [5.74, 6) is 0. The van der Waals surface area contributed by atoms with Gasteiger partial charge in [-0.2, -0.15) is 33.7 Å². The van der Waals surface area contributed by atoms with Gasteiger partial charge in [-0.25, -0.2) is 0 Å². The SMILES string of the molecule is O=S(=O)(O)c1cc(S(=O)(=O)O)c2ccc3c(S(=O)(=O)O)cc(S(=O)(=O)O)c4ccc1c2c43.O=c1ccs[nH]1. The second-order valence-corrected chi connectivity index (χ2v) is 13.9. The number of aromatic nitrogens is 1. The lowest BCUT2D eigenvalue weighted by Gasteiger charge is -2.17. The van der Waals surface area contributed by atoms with Gasteiger partial charge in [-0.15, -0.1) is 0 Å². The van der Waals surface area contributed by atoms with Crippen molar-refractivity contribution in [2.45, 2.75) is 19.6 Å². The molecule has 0 unspecified atom stereocenters. The van der Waals surface area contributed by atoms with Crippen molar-refractivity contribution in [2.75, 3.05) is 0 Å². The summed E-state index contributed by atoms with van der Waals surface area (Å²) in [6.45, 7) is 0. The topological polar surface area (TPSA) is 250 Å². The second-order valence-electron chi connectivity index (χ2n) is 7.60. The molecule has 0 aliphatic rings. The van der Waals surface area contributed by atoms with Gasteiger partial charge in [-0.1, -0.05) is 35.8 Å². The summed E-state index contributed by atoms with van der Waals surface area (Å²) >= 11 is 1.30. The lowest BCUT2D eigenvalue weighted by molar-refractivity contribution is 0.478. The summed E-state index contributed by atoms with van der Waals surface area (Å²) in [5.41, 5.74) is -0.0139. The molecule has 0 aliphatic heterocycles. The van der Waals surface area contributed by atoms with Gasteiger partial charge in [-0.3, -0.25) is 27.4 Å². The van der Waals surface area contributed by atoms with E-state index in [1.165, 1.54) is 17.6 Å². The molecule has 4 aromatic carbocycles. The average molecular weight is 624 g/mol. The Balaban J connectivity index is 0.000000494. The molecule has 0 saturated heterocycles. The molecular formula is C19H13NO13S5. The second kappa shape index (κ2) is 9.03. The van der Waals surface area contributed by atoms with Crippen molar-refractivity contribution in [1.29, 1.82) is 0 Å². The lowest BCUT2D eigenvalue weighted by atomic mass is 9.94. The molecule has 202 valence electrons. The molecule has 1 aromatic heterocycles. The number of benzene rings is 4. The first kappa shape index (κ1) is 28.0. The molecule has 19 heteroatoms. The first-order chi connectivity index (χ1) is 17.3. The Kier molecular flexibility index (Phi) is 6.66. The molecule has 0 fully saturated rings. The minimum atomic E-state index is -5.10. The van der Waals surface area contributed by atoms with Crippen LogP contribution in [0.4, 0.5) is 0 Å². The smallest absolute Gasteiger partial charge is 0.282 e. The third-order valence-corrected chi connectivity index (χ3v) is 9.47. The van der Waals surface area contributed by atoms with Crippen LogP contribution >= 0.6 is 11.5 Å². The molecule has 5 rings (SSSR count). The first-order valence-corrected chi connectivity index (χ1v) is 16.3. The van der Waals surface area contributed by atoms with Crippen LogP contribution in [0.15, 0.2) is 72.2 Å². The highest BCUT2D eigenvalue weighted by atomic mass is 32.2. The molecule has 0 amide bonds. The number of H-pyrrole nitrogens is 1. The fraction of sp³-hybridized carbons (Fsp3) is 0. The van der Waals surface area contributed by atoms with Crippen LogP contribution in [0.25, 0.3) is 32.3 Å². The predicted molar refractivity (Wildman–Crippen MR) is 134 cm³/mol. The Bertz CT molecular complexity index is 1960. The van der Waals surface area contributed by atoms with Crippen LogP contribution in [-0.2, 0) is 40.5 Å². The summed E-state index contributed by atoms with van der Waals surface area (Å²) in [5, 5.41) is -0.397. The van der Waals surface area contributed by atoms with Gasteiger partial charge < -0.3 is 0 Å². The molecule has 0 saturated carbocycles. The van der Waals surface area contributed by atoms with Crippen molar-refractivity contribution in [1.82, 2.24) is 4.37 Å². The first-order valence-electron chi connectivity index (χ1n) is 9.62. The number of nitrogens with one attached hydrogen (secondary N) is 1. The maximum absolute atomic E-state index is 11.9. The zero-order valence-electron chi connectivity index (χ0n) is 18.1. The largest absolute Gasteiger partial charge is 0.295 e. The van der Waals surface area contributed by atoms with Crippen LogP contribution in [0.2, 0.25) is 0 Å². The van der Waals surface area contributed by atoms with E-state index in [9.17, 15) is 56.7 Å². The van der Waals surface area contributed by atoms with Crippen molar-refractivity contribution in [3.8, 4) is 0 Å². The number of hydrogen-bond acceptors (Lipinski definition) is 10. The lowest BCUT2D eigenvalue weighted by Crippen LogP contribution is -2.08. The van der Waals surface area contributed by atoms with E-state index in [-0.39, 0.29) is 37.9 Å². The third kappa shape index (κ3) is 5.02. The summed E-state index contributed by atoms with van der Waals surface area (Å²) in [6.07, 6.45) is 0. The van der Waals surface area contributed by atoms with E-state index in [0.29, 0.717) is 12.1 Å². The van der Waals surface area contributed by atoms with Gasteiger partial charge in [0.15, 0.2) is 0 Å². The summed E-state index contributed by atoms with van der Waals surface area (Å²) in [7, 11) is -20.4. The number of aromatic amines is 1. The van der Waals surface area contributed by atoms with E-state index in [1.54, 1.807) is 5.38 Å². The highest BCUT2D eigenvalue weighted by Crippen LogP contribution is 2.44. The van der Waals surface area contributed by atoms with Crippen LogP contribution in [0.5, 0.6) is 0 Å². The highest BCUT2D eigenvalue weighted by molar-refractivity contribution is 7.87. The van der Waals surface area contributed by atoms with Crippen molar-refractivity contribution < 1.29 is 51.9 Å². The van der Waals surface area contributed by atoms with Gasteiger partial charge in [0, 0.05) is 43.8 Å². The standard InChI is InChI=1S/C16H10O12S4.C3H3NOS/c17-29(18,19)11-5-13(31(23,24)25)9-3-4-10-14(32(26,27)28)6-12(30(20,21)22)8-2-1-7(11)15(9)16(8)10;5-3-1-2-6-4-3/h1-6H,(H,17,18,19)(H,20,21,22)(H,23,24,25)(H,26,27,28);1-2H,(H,4,5). The Labute approximate surface area is 217 Å².